The predicted octanol–water partition coefficient (Wildman–Crippen LogP) is 2.30. The van der Waals surface area contributed by atoms with Crippen LogP contribution in [0.3, 0.4) is 0 Å². The van der Waals surface area contributed by atoms with E-state index in [4.69, 9.17) is 10.00 Å². The molecule has 0 bridgehead atoms. The number of piperazine rings is 1. The first-order chi connectivity index (χ1) is 12.6. The van der Waals surface area contributed by atoms with Crippen molar-refractivity contribution in [2.45, 2.75) is 50.1 Å². The molecule has 26 heavy (non-hydrogen) atoms. The lowest BCUT2D eigenvalue weighted by Gasteiger charge is -2.45. The Kier molecular flexibility index (Phi) is 4.73. The molecule has 138 valence electrons. The van der Waals surface area contributed by atoms with Crippen molar-refractivity contribution in [2.24, 2.45) is 0 Å². The molecule has 0 radical (unpaired) electrons. The third-order valence-electron chi connectivity index (χ3n) is 6.35. The average molecular weight is 353 g/mol. The van der Waals surface area contributed by atoms with Crippen molar-refractivity contribution < 1.29 is 9.53 Å². The molecule has 1 aromatic rings. The molecule has 0 unspecified atom stereocenters. The van der Waals surface area contributed by atoms with E-state index >= 15 is 0 Å². The van der Waals surface area contributed by atoms with Crippen LogP contribution in [0.5, 0.6) is 0 Å². The van der Waals surface area contributed by atoms with Gasteiger partial charge < -0.3 is 9.64 Å². The van der Waals surface area contributed by atoms with Crippen LogP contribution in [0, 0.1) is 11.3 Å². The summed E-state index contributed by atoms with van der Waals surface area (Å²) in [6.07, 6.45) is 4.06. The fourth-order valence-corrected chi connectivity index (χ4v) is 4.56. The molecular weight excluding hydrogens is 326 g/mol. The lowest BCUT2D eigenvalue weighted by molar-refractivity contribution is -0.139. The molecule has 2 aliphatic heterocycles. The molecule has 3 aliphatic rings. The van der Waals surface area contributed by atoms with Crippen molar-refractivity contribution in [2.75, 3.05) is 32.8 Å². The summed E-state index contributed by atoms with van der Waals surface area (Å²) in [6.45, 7) is 6.64. The molecule has 3 fully saturated rings. The maximum atomic E-state index is 13.4. The minimum atomic E-state index is -0.344. The largest absolute Gasteiger partial charge is 0.381 e. The lowest BCUT2D eigenvalue weighted by Crippen LogP contribution is -2.58. The van der Waals surface area contributed by atoms with Gasteiger partial charge in [-0.3, -0.25) is 9.69 Å². The average Bonchev–Trinajstić information content (AvgIpc) is 3.50. The molecule has 2 heterocycles. The van der Waals surface area contributed by atoms with Gasteiger partial charge in [-0.15, -0.1) is 0 Å². The van der Waals surface area contributed by atoms with E-state index in [2.05, 4.69) is 22.8 Å². The van der Waals surface area contributed by atoms with Crippen molar-refractivity contribution in [1.29, 1.82) is 5.26 Å². The lowest BCUT2D eigenvalue weighted by atomic mass is 9.92. The van der Waals surface area contributed by atoms with E-state index in [9.17, 15) is 4.79 Å². The fourth-order valence-electron chi connectivity index (χ4n) is 4.56. The normalized spacial score (nSPS) is 26.3. The van der Waals surface area contributed by atoms with E-state index in [1.165, 1.54) is 0 Å². The van der Waals surface area contributed by atoms with Gasteiger partial charge >= 0.3 is 0 Å². The first kappa shape index (κ1) is 17.5. The Morgan fingerprint density at radius 1 is 1.19 bits per heavy atom. The molecule has 1 aromatic carbocycles. The van der Waals surface area contributed by atoms with Crippen LogP contribution in [-0.4, -0.2) is 60.6 Å². The van der Waals surface area contributed by atoms with E-state index < -0.39 is 0 Å². The van der Waals surface area contributed by atoms with E-state index in [1.54, 1.807) is 0 Å². The number of hydrogen-bond acceptors (Lipinski definition) is 4. The van der Waals surface area contributed by atoms with Gasteiger partial charge in [0.25, 0.3) is 0 Å². The Labute approximate surface area is 155 Å². The highest BCUT2D eigenvalue weighted by Gasteiger charge is 2.54. The van der Waals surface area contributed by atoms with E-state index in [0.29, 0.717) is 11.6 Å². The molecule has 0 spiro atoms. The zero-order valence-corrected chi connectivity index (χ0v) is 15.5. The van der Waals surface area contributed by atoms with Gasteiger partial charge in [-0.25, -0.2) is 0 Å². The number of amides is 1. The van der Waals surface area contributed by atoms with Gasteiger partial charge in [-0.1, -0.05) is 12.1 Å². The van der Waals surface area contributed by atoms with E-state index in [-0.39, 0.29) is 17.4 Å². The number of nitriles is 1. The number of hydrogen-bond donors (Lipinski definition) is 0. The van der Waals surface area contributed by atoms with Crippen LogP contribution in [0.4, 0.5) is 0 Å². The highest BCUT2D eigenvalue weighted by atomic mass is 16.5. The number of nitrogens with zero attached hydrogens (tertiary/aromatic N) is 3. The van der Waals surface area contributed by atoms with Crippen LogP contribution < -0.4 is 0 Å². The molecular formula is C21H27N3O2. The molecule has 5 heteroatoms. The molecule has 4 rings (SSSR count). The van der Waals surface area contributed by atoms with Crippen molar-refractivity contribution in [3.05, 3.63) is 35.4 Å². The second-order valence-corrected chi connectivity index (χ2v) is 7.96. The highest BCUT2D eigenvalue weighted by Crippen LogP contribution is 2.50. The highest BCUT2D eigenvalue weighted by molar-refractivity contribution is 5.91. The first-order valence-corrected chi connectivity index (χ1v) is 9.77. The molecule has 1 atom stereocenters. The summed E-state index contributed by atoms with van der Waals surface area (Å²) in [5.41, 5.74) is 1.37. The summed E-state index contributed by atoms with van der Waals surface area (Å²) in [5, 5.41) is 8.99. The number of rotatable bonds is 3. The van der Waals surface area contributed by atoms with Crippen LogP contribution in [0.15, 0.2) is 24.3 Å². The zero-order valence-electron chi connectivity index (χ0n) is 15.5. The fraction of sp³-hybridized carbons (Fsp3) is 0.619. The van der Waals surface area contributed by atoms with Crippen LogP contribution in [0.2, 0.25) is 0 Å². The second-order valence-electron chi connectivity index (χ2n) is 7.96. The number of carbonyl (C=O) groups is 1. The van der Waals surface area contributed by atoms with Gasteiger partial charge in [0.05, 0.1) is 17.0 Å². The minimum absolute atomic E-state index is 0.245. The van der Waals surface area contributed by atoms with E-state index in [1.807, 2.05) is 24.3 Å². The SMILES string of the molecule is C[C@H]1CN(C2CCOCC2)CCN1C(=O)C1(c2ccc(C#N)cc2)CC1. The Bertz CT molecular complexity index is 699. The van der Waals surface area contributed by atoms with Crippen LogP contribution in [0.1, 0.15) is 43.7 Å². The molecule has 0 N–H and O–H groups in total. The molecule has 1 saturated carbocycles. The third kappa shape index (κ3) is 3.13. The summed E-state index contributed by atoms with van der Waals surface area (Å²) in [4.78, 5) is 18.0. The van der Waals surface area contributed by atoms with Crippen molar-refractivity contribution >= 4 is 5.91 Å². The van der Waals surface area contributed by atoms with Crippen molar-refractivity contribution in [1.82, 2.24) is 9.80 Å². The van der Waals surface area contributed by atoms with Gasteiger partial charge in [-0.2, -0.15) is 5.26 Å². The first-order valence-electron chi connectivity index (χ1n) is 9.77. The van der Waals surface area contributed by atoms with Crippen molar-refractivity contribution in [3.63, 3.8) is 0 Å². The van der Waals surface area contributed by atoms with Gasteiger partial charge in [0, 0.05) is 44.9 Å². The Hall–Kier alpha value is -1.90. The monoisotopic (exact) mass is 353 g/mol. The van der Waals surface area contributed by atoms with Gasteiger partial charge in [0.1, 0.15) is 0 Å². The summed E-state index contributed by atoms with van der Waals surface area (Å²) in [7, 11) is 0. The summed E-state index contributed by atoms with van der Waals surface area (Å²) in [6, 6.07) is 10.6. The summed E-state index contributed by atoms with van der Waals surface area (Å²) < 4.78 is 5.48. The third-order valence-corrected chi connectivity index (χ3v) is 6.35. The molecule has 1 amide bonds. The smallest absolute Gasteiger partial charge is 0.233 e. The Morgan fingerprint density at radius 2 is 1.88 bits per heavy atom. The second kappa shape index (κ2) is 7.02. The summed E-state index contributed by atoms with van der Waals surface area (Å²) >= 11 is 0. The minimum Gasteiger partial charge on any atom is -0.381 e. The summed E-state index contributed by atoms with van der Waals surface area (Å²) in [5.74, 6) is 0.279. The maximum Gasteiger partial charge on any atom is 0.233 e. The van der Waals surface area contributed by atoms with E-state index in [0.717, 1.165) is 64.1 Å². The zero-order chi connectivity index (χ0) is 18.1. The van der Waals surface area contributed by atoms with Gasteiger partial charge in [0.15, 0.2) is 0 Å². The van der Waals surface area contributed by atoms with Crippen molar-refractivity contribution in [3.8, 4) is 6.07 Å². The topological polar surface area (TPSA) is 56.6 Å². The Morgan fingerprint density at radius 3 is 2.46 bits per heavy atom. The molecule has 1 aliphatic carbocycles. The number of benzene rings is 1. The Balaban J connectivity index is 1.44. The number of carbonyl (C=O) groups excluding carboxylic acids is 1. The molecule has 2 saturated heterocycles. The maximum absolute atomic E-state index is 13.4. The standard InChI is InChI=1S/C21H27N3O2/c1-16-15-23(19-6-12-26-13-7-19)10-11-24(16)20(25)21(8-9-21)18-4-2-17(14-22)3-5-18/h2-5,16,19H,6-13,15H2,1H3/t16-/m0/s1. The molecule has 0 aromatic heterocycles. The van der Waals surface area contributed by atoms with Gasteiger partial charge in [-0.05, 0) is 50.3 Å². The van der Waals surface area contributed by atoms with Crippen LogP contribution >= 0.6 is 0 Å². The van der Waals surface area contributed by atoms with Crippen LogP contribution in [0.25, 0.3) is 0 Å². The number of ether oxygens (including phenoxy) is 1. The quantitative estimate of drug-likeness (QED) is 0.837. The van der Waals surface area contributed by atoms with Gasteiger partial charge in [0.2, 0.25) is 5.91 Å². The predicted molar refractivity (Wildman–Crippen MR) is 98.7 cm³/mol. The van der Waals surface area contributed by atoms with Crippen LogP contribution in [-0.2, 0) is 14.9 Å². The molecule has 5 nitrogen and oxygen atoms in total.